The van der Waals surface area contributed by atoms with E-state index in [9.17, 15) is 14.7 Å². The lowest BCUT2D eigenvalue weighted by molar-refractivity contribution is -0.120. The van der Waals surface area contributed by atoms with Crippen molar-refractivity contribution in [1.29, 1.82) is 0 Å². The van der Waals surface area contributed by atoms with E-state index in [0.717, 1.165) is 11.3 Å². The van der Waals surface area contributed by atoms with Crippen LogP contribution < -0.4 is 5.32 Å². The zero-order valence-electron chi connectivity index (χ0n) is 10.3. The molecule has 0 saturated heterocycles. The lowest BCUT2D eigenvalue weighted by Crippen LogP contribution is -2.18. The Morgan fingerprint density at radius 3 is 2.63 bits per heavy atom. The lowest BCUT2D eigenvalue weighted by Gasteiger charge is -2.00. The van der Waals surface area contributed by atoms with Crippen LogP contribution in [0.25, 0.3) is 0 Å². The number of carbonyl (C=O) groups is 2. The van der Waals surface area contributed by atoms with Gasteiger partial charge in [0, 0.05) is 5.75 Å². The van der Waals surface area contributed by atoms with Crippen LogP contribution in [-0.4, -0.2) is 16.8 Å². The smallest absolute Gasteiger partial charge is 0.263 e. The van der Waals surface area contributed by atoms with Crippen molar-refractivity contribution in [2.75, 3.05) is 0 Å². The maximum Gasteiger partial charge on any atom is 0.263 e. The van der Waals surface area contributed by atoms with Crippen molar-refractivity contribution in [2.24, 2.45) is 0 Å². The second-order valence-corrected chi connectivity index (χ2v) is 4.92. The fraction of sp³-hybridized carbons (Fsp3) is 0.143. The number of hydrogen-bond donors (Lipinski definition) is 2. The quantitative estimate of drug-likeness (QED) is 0.827. The molecule has 1 aliphatic heterocycles. The van der Waals surface area contributed by atoms with Crippen LogP contribution in [-0.2, 0) is 15.3 Å². The Kier molecular flexibility index (Phi) is 4.06. The highest BCUT2D eigenvalue weighted by Crippen LogP contribution is 2.23. The van der Waals surface area contributed by atoms with Crippen LogP contribution in [0.3, 0.4) is 0 Å². The van der Waals surface area contributed by atoms with Crippen molar-refractivity contribution < 1.29 is 14.7 Å². The summed E-state index contributed by atoms with van der Waals surface area (Å²) in [5.41, 5.74) is 1.26. The summed E-state index contributed by atoms with van der Waals surface area (Å²) in [6.07, 6.45) is 0. The molecular weight excluding hydrogens is 262 g/mol. The van der Waals surface area contributed by atoms with E-state index in [1.165, 1.54) is 18.7 Å². The summed E-state index contributed by atoms with van der Waals surface area (Å²) in [5.74, 6) is -0.524. The Morgan fingerprint density at radius 2 is 2.05 bits per heavy atom. The molecule has 1 aromatic rings. The second-order valence-electron chi connectivity index (χ2n) is 4.06. The molecule has 0 aliphatic carbocycles. The molecule has 0 aromatic heterocycles. The van der Waals surface area contributed by atoms with Crippen LogP contribution in [0.2, 0.25) is 0 Å². The fourth-order valence-electron chi connectivity index (χ4n) is 1.69. The van der Waals surface area contributed by atoms with Crippen LogP contribution in [0.15, 0.2) is 52.8 Å². The monoisotopic (exact) mass is 275 g/mol. The minimum atomic E-state index is -0.545. The summed E-state index contributed by atoms with van der Waals surface area (Å²) < 4.78 is 0. The number of amides is 1. The number of rotatable bonds is 4. The summed E-state index contributed by atoms with van der Waals surface area (Å²) in [7, 11) is 0. The number of nitrogens with one attached hydrogen (secondary N) is 1. The molecule has 19 heavy (non-hydrogen) atoms. The Morgan fingerprint density at radius 1 is 1.37 bits per heavy atom. The summed E-state index contributed by atoms with van der Waals surface area (Å²) >= 11 is 1.44. The van der Waals surface area contributed by atoms with Crippen molar-refractivity contribution in [2.45, 2.75) is 12.7 Å². The lowest BCUT2D eigenvalue weighted by atomic mass is 10.2. The third kappa shape index (κ3) is 3.06. The van der Waals surface area contributed by atoms with Gasteiger partial charge in [0.2, 0.25) is 0 Å². The summed E-state index contributed by atoms with van der Waals surface area (Å²) in [6.45, 7) is 1.26. The average molecular weight is 275 g/mol. The Hall–Kier alpha value is -2.01. The number of thioether (sulfide) groups is 1. The van der Waals surface area contributed by atoms with Crippen molar-refractivity contribution >= 4 is 23.5 Å². The standard InChI is InChI=1S/C14H13NO3S/c1-9(16)12-13(17)11(15-14(12)18)8-19-7-10-5-3-2-4-6-10/h2-6,8,17H,7H2,1H3,(H,15,18)/b11-8+. The van der Waals surface area contributed by atoms with Crippen LogP contribution >= 0.6 is 11.8 Å². The maximum atomic E-state index is 11.5. The highest BCUT2D eigenvalue weighted by molar-refractivity contribution is 8.01. The normalized spacial score (nSPS) is 16.9. The van der Waals surface area contributed by atoms with Gasteiger partial charge in [0.1, 0.15) is 5.57 Å². The molecule has 0 saturated carbocycles. The van der Waals surface area contributed by atoms with E-state index in [0.29, 0.717) is 0 Å². The molecule has 4 nitrogen and oxygen atoms in total. The predicted octanol–water partition coefficient (Wildman–Crippen LogP) is 2.29. The fourth-order valence-corrected chi connectivity index (χ4v) is 2.50. The van der Waals surface area contributed by atoms with E-state index in [1.54, 1.807) is 5.41 Å². The summed E-state index contributed by atoms with van der Waals surface area (Å²) in [5, 5.41) is 13.9. The van der Waals surface area contributed by atoms with E-state index < -0.39 is 11.7 Å². The SMILES string of the molecule is CC(=O)C1=C(O)/C(=C\SCc2ccccc2)NC1=O. The van der Waals surface area contributed by atoms with Gasteiger partial charge in [-0.3, -0.25) is 9.59 Å². The molecule has 98 valence electrons. The number of aliphatic hydroxyl groups is 1. The van der Waals surface area contributed by atoms with Crippen LogP contribution in [0, 0.1) is 0 Å². The minimum Gasteiger partial charge on any atom is -0.505 e. The molecule has 0 fully saturated rings. The molecule has 0 atom stereocenters. The second kappa shape index (κ2) is 5.75. The molecular formula is C14H13NO3S. The van der Waals surface area contributed by atoms with Gasteiger partial charge in [0.25, 0.3) is 5.91 Å². The van der Waals surface area contributed by atoms with E-state index in [1.807, 2.05) is 30.3 Å². The first kappa shape index (κ1) is 13.4. The third-order valence-corrected chi connectivity index (χ3v) is 3.52. The van der Waals surface area contributed by atoms with Gasteiger partial charge < -0.3 is 10.4 Å². The number of ketones is 1. The van der Waals surface area contributed by atoms with Gasteiger partial charge in [-0.2, -0.15) is 0 Å². The Bertz CT molecular complexity index is 576. The van der Waals surface area contributed by atoms with Crippen molar-refractivity contribution in [3.63, 3.8) is 0 Å². The zero-order valence-corrected chi connectivity index (χ0v) is 11.2. The third-order valence-electron chi connectivity index (χ3n) is 2.61. The molecule has 5 heteroatoms. The van der Waals surface area contributed by atoms with Gasteiger partial charge in [0.05, 0.1) is 5.70 Å². The summed E-state index contributed by atoms with van der Waals surface area (Å²) in [4.78, 5) is 22.7. The molecule has 2 N–H and O–H groups in total. The molecule has 0 unspecified atom stereocenters. The number of benzene rings is 1. The highest BCUT2D eigenvalue weighted by atomic mass is 32.2. The molecule has 2 rings (SSSR count). The number of carbonyl (C=O) groups excluding carboxylic acids is 2. The highest BCUT2D eigenvalue weighted by Gasteiger charge is 2.29. The Balaban J connectivity index is 2.06. The first-order valence-electron chi connectivity index (χ1n) is 5.71. The molecule has 1 aromatic carbocycles. The molecule has 0 bridgehead atoms. The van der Waals surface area contributed by atoms with E-state index in [2.05, 4.69) is 5.32 Å². The minimum absolute atomic E-state index is 0.174. The molecule has 0 radical (unpaired) electrons. The molecule has 1 heterocycles. The summed E-state index contributed by atoms with van der Waals surface area (Å²) in [6, 6.07) is 9.83. The van der Waals surface area contributed by atoms with Gasteiger partial charge >= 0.3 is 0 Å². The predicted molar refractivity (Wildman–Crippen MR) is 74.3 cm³/mol. The molecule has 1 aliphatic rings. The number of Topliss-reactive ketones (excluding diaryl/α,β-unsaturated/α-hetero) is 1. The zero-order chi connectivity index (χ0) is 13.8. The van der Waals surface area contributed by atoms with Crippen molar-refractivity contribution in [1.82, 2.24) is 5.32 Å². The number of hydrogen-bond acceptors (Lipinski definition) is 4. The van der Waals surface area contributed by atoms with Gasteiger partial charge in [-0.1, -0.05) is 30.3 Å². The van der Waals surface area contributed by atoms with Crippen LogP contribution in [0.1, 0.15) is 12.5 Å². The first-order chi connectivity index (χ1) is 9.09. The van der Waals surface area contributed by atoms with Crippen LogP contribution in [0.5, 0.6) is 0 Å². The van der Waals surface area contributed by atoms with Gasteiger partial charge in [-0.25, -0.2) is 0 Å². The maximum absolute atomic E-state index is 11.5. The topological polar surface area (TPSA) is 66.4 Å². The van der Waals surface area contributed by atoms with Gasteiger partial charge in [0.15, 0.2) is 11.5 Å². The van der Waals surface area contributed by atoms with E-state index in [-0.39, 0.29) is 17.0 Å². The van der Waals surface area contributed by atoms with Crippen molar-refractivity contribution in [3.8, 4) is 0 Å². The van der Waals surface area contributed by atoms with Gasteiger partial charge in [-0.05, 0) is 17.9 Å². The van der Waals surface area contributed by atoms with Crippen LogP contribution in [0.4, 0.5) is 0 Å². The van der Waals surface area contributed by atoms with E-state index in [4.69, 9.17) is 0 Å². The Labute approximate surface area is 115 Å². The van der Waals surface area contributed by atoms with E-state index >= 15 is 0 Å². The largest absolute Gasteiger partial charge is 0.505 e. The average Bonchev–Trinajstić information content (AvgIpc) is 2.66. The van der Waals surface area contributed by atoms with Gasteiger partial charge in [-0.15, -0.1) is 11.8 Å². The molecule has 0 spiro atoms. The molecule has 1 amide bonds. The first-order valence-corrected chi connectivity index (χ1v) is 6.76. The van der Waals surface area contributed by atoms with Crippen molar-refractivity contribution in [3.05, 3.63) is 58.3 Å². The number of aliphatic hydroxyl groups excluding tert-OH is 1.